The highest BCUT2D eigenvalue weighted by Gasteiger charge is 2.48. The Bertz CT molecular complexity index is 1700. The monoisotopic (exact) mass is 642 g/mol. The number of sulfonamides is 1. The number of benzene rings is 3. The van der Waals surface area contributed by atoms with Crippen LogP contribution in [0.1, 0.15) is 28.7 Å². The minimum absolute atomic E-state index is 0.0304. The molecule has 0 saturated carbocycles. The summed E-state index contributed by atoms with van der Waals surface area (Å²) in [5, 5.41) is 2.92. The van der Waals surface area contributed by atoms with Crippen LogP contribution in [0.4, 0.5) is 4.79 Å². The van der Waals surface area contributed by atoms with Crippen molar-refractivity contribution < 1.29 is 51.1 Å². The van der Waals surface area contributed by atoms with Crippen molar-refractivity contribution in [3.63, 3.8) is 0 Å². The fourth-order valence-corrected chi connectivity index (χ4v) is 7.55. The number of urea groups is 1. The van der Waals surface area contributed by atoms with Gasteiger partial charge in [0.1, 0.15) is 16.4 Å². The summed E-state index contributed by atoms with van der Waals surface area (Å²) in [5.74, 6) is 2.46. The number of carbonyl (C=O) groups is 1. The zero-order chi connectivity index (χ0) is 31.9. The molecule has 240 valence electrons. The number of rotatable bonds is 9. The Labute approximate surface area is 260 Å². The Morgan fingerprint density at radius 3 is 2.04 bits per heavy atom. The number of nitrogens with one attached hydrogen (secondary N) is 2. The third kappa shape index (κ3) is 5.37. The van der Waals surface area contributed by atoms with Crippen molar-refractivity contribution >= 4 is 16.1 Å². The number of hydrogen-bond acceptors (Lipinski definition) is 11. The molecule has 0 spiro atoms. The third-order valence-electron chi connectivity index (χ3n) is 8.50. The van der Waals surface area contributed by atoms with E-state index in [1.54, 1.807) is 21.3 Å². The first-order chi connectivity index (χ1) is 21.7. The molecule has 6 rings (SSSR count). The molecular weight excluding hydrogens is 608 g/mol. The smallest absolute Gasteiger partial charge is 0.329 e. The van der Waals surface area contributed by atoms with Crippen molar-refractivity contribution in [2.45, 2.75) is 16.9 Å². The van der Waals surface area contributed by atoms with Crippen LogP contribution >= 0.6 is 0 Å². The van der Waals surface area contributed by atoms with E-state index in [1.807, 2.05) is 24.3 Å². The van der Waals surface area contributed by atoms with Crippen molar-refractivity contribution in [1.29, 1.82) is 0 Å². The Morgan fingerprint density at radius 2 is 1.42 bits per heavy atom. The van der Waals surface area contributed by atoms with Gasteiger partial charge in [-0.1, -0.05) is 0 Å². The number of fused-ring (bicyclic) bond motifs is 3. The highest BCUT2D eigenvalue weighted by molar-refractivity contribution is 7.90. The van der Waals surface area contributed by atoms with Gasteiger partial charge in [-0.15, -0.1) is 0 Å². The summed E-state index contributed by atoms with van der Waals surface area (Å²) in [6.45, 7) is 0.800. The van der Waals surface area contributed by atoms with E-state index in [9.17, 15) is 13.2 Å². The van der Waals surface area contributed by atoms with Crippen molar-refractivity contribution in [2.75, 3.05) is 55.6 Å². The molecule has 0 bridgehead atoms. The summed E-state index contributed by atoms with van der Waals surface area (Å²) < 4.78 is 73.5. The van der Waals surface area contributed by atoms with Crippen LogP contribution in [0.2, 0.25) is 0 Å². The average Bonchev–Trinajstić information content (AvgIpc) is 3.72. The molecule has 13 nitrogen and oxygen atoms in total. The number of carbonyl (C=O) groups excluding carboxylic acids is 1. The summed E-state index contributed by atoms with van der Waals surface area (Å²) in [7, 11) is 3.13. The van der Waals surface area contributed by atoms with Gasteiger partial charge in [-0.2, -0.15) is 0 Å². The molecule has 2 aliphatic heterocycles. The maximum Gasteiger partial charge on any atom is 0.329 e. The average molecular weight is 643 g/mol. The van der Waals surface area contributed by atoms with Crippen molar-refractivity contribution in [3.05, 3.63) is 59.2 Å². The highest BCUT2D eigenvalue weighted by Crippen LogP contribution is 2.55. The summed E-state index contributed by atoms with van der Waals surface area (Å²) in [6.07, 6.45) is 0. The predicted molar refractivity (Wildman–Crippen MR) is 159 cm³/mol. The van der Waals surface area contributed by atoms with Crippen LogP contribution < -0.4 is 43.2 Å². The van der Waals surface area contributed by atoms with Gasteiger partial charge in [-0.3, -0.25) is 0 Å². The van der Waals surface area contributed by atoms with E-state index < -0.39 is 22.1 Å². The molecule has 0 radical (unpaired) electrons. The first-order valence-corrected chi connectivity index (χ1v) is 15.6. The molecule has 45 heavy (non-hydrogen) atoms. The van der Waals surface area contributed by atoms with Gasteiger partial charge in [-0.25, -0.2) is 17.9 Å². The second-order valence-corrected chi connectivity index (χ2v) is 12.4. The molecule has 3 aromatic carbocycles. The number of amides is 2. The molecule has 14 heteroatoms. The van der Waals surface area contributed by atoms with Gasteiger partial charge in [0.15, 0.2) is 23.0 Å². The third-order valence-corrected chi connectivity index (χ3v) is 9.87. The molecule has 4 atom stereocenters. The van der Waals surface area contributed by atoms with Crippen LogP contribution in [0.3, 0.4) is 0 Å². The Balaban J connectivity index is 1.39. The van der Waals surface area contributed by atoms with Crippen LogP contribution in [0.15, 0.2) is 47.4 Å². The van der Waals surface area contributed by atoms with Crippen LogP contribution in [-0.4, -0.2) is 70.0 Å². The Morgan fingerprint density at radius 1 is 0.778 bits per heavy atom. The minimum Gasteiger partial charge on any atom is -0.497 e. The lowest BCUT2D eigenvalue weighted by atomic mass is 9.65. The summed E-state index contributed by atoms with van der Waals surface area (Å²) in [6, 6.07) is 10.2. The van der Waals surface area contributed by atoms with E-state index in [1.165, 1.54) is 32.4 Å². The maximum atomic E-state index is 13.4. The Kier molecular flexibility index (Phi) is 8.18. The lowest BCUT2D eigenvalue weighted by Gasteiger charge is -2.41. The molecule has 1 aliphatic carbocycles. The molecule has 0 aromatic heterocycles. The van der Waals surface area contributed by atoms with E-state index in [0.29, 0.717) is 47.7 Å². The zero-order valence-corrected chi connectivity index (χ0v) is 26.2. The zero-order valence-electron chi connectivity index (χ0n) is 25.4. The largest absolute Gasteiger partial charge is 0.497 e. The lowest BCUT2D eigenvalue weighted by Crippen LogP contribution is -2.47. The standard InChI is InChI=1S/C31H34N2O11S/c1-37-17-6-7-27(24(10-17)38-2)45(35,36)33-31(34)32-29-19-12-23-22(43-15-44-23)11-18(19)28(20-13-42-14-21(20)29)16-8-25(39-3)30(41-5)26(9-16)40-4/h6-12,20-21,28-29H,13-15H2,1-5H3,(H2,32,33,34)/t20-,21-,28+,29+/m0/s1. The Hall–Kier alpha value is -4.56. The molecule has 2 heterocycles. The fourth-order valence-electron chi connectivity index (χ4n) is 6.48. The topological polar surface area (TPSA) is 149 Å². The molecule has 3 aliphatic rings. The van der Waals surface area contributed by atoms with Gasteiger partial charge < -0.3 is 43.2 Å². The van der Waals surface area contributed by atoms with E-state index in [-0.39, 0.29) is 35.2 Å². The second kappa shape index (κ2) is 12.1. The van der Waals surface area contributed by atoms with Gasteiger partial charge in [-0.05, 0) is 53.1 Å². The summed E-state index contributed by atoms with van der Waals surface area (Å²) in [4.78, 5) is 13.2. The first kappa shape index (κ1) is 30.5. The van der Waals surface area contributed by atoms with Gasteiger partial charge in [0.05, 0.1) is 54.8 Å². The SMILES string of the molecule is COc1ccc(S(=O)(=O)NC(=O)N[C@@H]2c3cc4c(cc3[C@@H](c3cc(OC)c(OC)c(OC)c3)[C@H]3COC[C@@H]32)OCO4)c(OC)c1. The normalized spacial score (nSPS) is 21.3. The van der Waals surface area contributed by atoms with Crippen LogP contribution in [0.5, 0.6) is 40.2 Å². The molecule has 3 aromatic rings. The molecule has 2 N–H and O–H groups in total. The summed E-state index contributed by atoms with van der Waals surface area (Å²) >= 11 is 0. The molecule has 0 unspecified atom stereocenters. The van der Waals surface area contributed by atoms with Gasteiger partial charge >= 0.3 is 6.03 Å². The number of hydrogen-bond donors (Lipinski definition) is 2. The van der Waals surface area contributed by atoms with E-state index in [0.717, 1.165) is 16.7 Å². The van der Waals surface area contributed by atoms with Gasteiger partial charge in [0.25, 0.3) is 10.0 Å². The van der Waals surface area contributed by atoms with Crippen LogP contribution in [-0.2, 0) is 14.8 Å². The number of methoxy groups -OCH3 is 5. The maximum absolute atomic E-state index is 13.4. The van der Waals surface area contributed by atoms with E-state index in [4.69, 9.17) is 37.9 Å². The quantitative estimate of drug-likeness (QED) is 0.353. The van der Waals surface area contributed by atoms with Crippen molar-refractivity contribution in [2.24, 2.45) is 11.8 Å². The van der Waals surface area contributed by atoms with E-state index in [2.05, 4.69) is 10.0 Å². The first-order valence-electron chi connectivity index (χ1n) is 14.1. The van der Waals surface area contributed by atoms with Gasteiger partial charge in [0, 0.05) is 23.8 Å². The number of ether oxygens (including phenoxy) is 8. The fraction of sp³-hybridized carbons (Fsp3) is 0.387. The van der Waals surface area contributed by atoms with Gasteiger partial charge in [0.2, 0.25) is 12.5 Å². The predicted octanol–water partition coefficient (Wildman–Crippen LogP) is 3.60. The van der Waals surface area contributed by atoms with Crippen LogP contribution in [0, 0.1) is 11.8 Å². The molecule has 1 fully saturated rings. The second-order valence-electron chi connectivity index (χ2n) is 10.7. The van der Waals surface area contributed by atoms with E-state index >= 15 is 0 Å². The van der Waals surface area contributed by atoms with Crippen molar-refractivity contribution in [3.8, 4) is 40.2 Å². The summed E-state index contributed by atoms with van der Waals surface area (Å²) in [5.41, 5.74) is 2.51. The highest BCUT2D eigenvalue weighted by atomic mass is 32.2. The molecule has 2 amide bonds. The lowest BCUT2D eigenvalue weighted by molar-refractivity contribution is 0.173. The molecular formula is C31H34N2O11S. The van der Waals surface area contributed by atoms with Crippen molar-refractivity contribution in [1.82, 2.24) is 10.0 Å². The minimum atomic E-state index is -4.32. The van der Waals surface area contributed by atoms with Crippen LogP contribution in [0.25, 0.3) is 0 Å². The molecule has 1 saturated heterocycles.